The van der Waals surface area contributed by atoms with Crippen molar-refractivity contribution >= 4 is 32.3 Å². The van der Waals surface area contributed by atoms with Crippen molar-refractivity contribution in [3.63, 3.8) is 0 Å². The molecule has 1 aliphatic rings. The van der Waals surface area contributed by atoms with E-state index in [9.17, 15) is 13.2 Å². The molecule has 3 aromatic rings. The van der Waals surface area contributed by atoms with E-state index in [0.29, 0.717) is 37.1 Å². The van der Waals surface area contributed by atoms with Crippen molar-refractivity contribution in [3.8, 4) is 11.3 Å². The zero-order valence-electron chi connectivity index (χ0n) is 15.4. The van der Waals surface area contributed by atoms with Gasteiger partial charge in [0, 0.05) is 24.0 Å². The molecule has 2 heterocycles. The summed E-state index contributed by atoms with van der Waals surface area (Å²) in [5, 5.41) is 5.13. The van der Waals surface area contributed by atoms with Crippen LogP contribution >= 0.6 is 11.3 Å². The van der Waals surface area contributed by atoms with Gasteiger partial charge in [-0.1, -0.05) is 30.3 Å². The first-order valence-corrected chi connectivity index (χ1v) is 11.4. The highest BCUT2D eigenvalue weighted by Crippen LogP contribution is 2.27. The number of nitrogens with one attached hydrogen (secondary N) is 1. The van der Waals surface area contributed by atoms with Gasteiger partial charge in [0.2, 0.25) is 9.84 Å². The third-order valence-electron chi connectivity index (χ3n) is 4.53. The van der Waals surface area contributed by atoms with Crippen molar-refractivity contribution in [3.05, 3.63) is 60.0 Å². The minimum absolute atomic E-state index is 0.196. The van der Waals surface area contributed by atoms with Gasteiger partial charge in [-0.2, -0.15) is 0 Å². The summed E-state index contributed by atoms with van der Waals surface area (Å²) in [5.41, 5.74) is 1.45. The molecule has 0 saturated carbocycles. The highest BCUT2D eigenvalue weighted by molar-refractivity contribution is 7.91. The van der Waals surface area contributed by atoms with E-state index in [1.54, 1.807) is 59.5 Å². The van der Waals surface area contributed by atoms with Crippen molar-refractivity contribution in [2.24, 2.45) is 0 Å². The van der Waals surface area contributed by atoms with Crippen molar-refractivity contribution in [1.29, 1.82) is 0 Å². The number of thiazole rings is 1. The molecule has 4 rings (SSSR count). The SMILES string of the molecule is O=C(Nc1nc(-c2ccc(S(=O)(=O)c3ccccc3)cc2)cs1)N1CCOCC1. The Labute approximate surface area is 172 Å². The van der Waals surface area contributed by atoms with Crippen LogP contribution in [0, 0.1) is 0 Å². The predicted molar refractivity (Wildman–Crippen MR) is 111 cm³/mol. The first-order valence-electron chi connectivity index (χ1n) is 9.04. The topological polar surface area (TPSA) is 88.6 Å². The Morgan fingerprint density at radius 3 is 2.34 bits per heavy atom. The van der Waals surface area contributed by atoms with E-state index in [1.165, 1.54) is 11.3 Å². The van der Waals surface area contributed by atoms with Crippen LogP contribution in [0.25, 0.3) is 11.3 Å². The highest BCUT2D eigenvalue weighted by Gasteiger charge is 2.19. The first-order chi connectivity index (χ1) is 14.0. The normalized spacial score (nSPS) is 14.6. The Bertz CT molecular complexity index is 1090. The average molecular weight is 430 g/mol. The van der Waals surface area contributed by atoms with Crippen molar-refractivity contribution in [2.45, 2.75) is 9.79 Å². The number of carbonyl (C=O) groups is 1. The molecular weight excluding hydrogens is 410 g/mol. The molecule has 0 bridgehead atoms. The Hall–Kier alpha value is -2.75. The second-order valence-corrected chi connectivity index (χ2v) is 9.22. The summed E-state index contributed by atoms with van der Waals surface area (Å²) in [7, 11) is -3.55. The van der Waals surface area contributed by atoms with E-state index in [2.05, 4.69) is 10.3 Å². The lowest BCUT2D eigenvalue weighted by Crippen LogP contribution is -2.43. The van der Waals surface area contributed by atoms with Gasteiger partial charge in [-0.25, -0.2) is 18.2 Å². The lowest BCUT2D eigenvalue weighted by molar-refractivity contribution is 0.0564. The Balaban J connectivity index is 1.48. The number of benzene rings is 2. The Morgan fingerprint density at radius 1 is 1.00 bits per heavy atom. The molecule has 1 aliphatic heterocycles. The number of morpholine rings is 1. The molecule has 1 fully saturated rings. The number of nitrogens with zero attached hydrogens (tertiary/aromatic N) is 2. The predicted octanol–water partition coefficient (Wildman–Crippen LogP) is 3.51. The van der Waals surface area contributed by atoms with E-state index in [-0.39, 0.29) is 15.8 Å². The van der Waals surface area contributed by atoms with Crippen LogP contribution in [0.1, 0.15) is 0 Å². The smallest absolute Gasteiger partial charge is 0.323 e. The Morgan fingerprint density at radius 2 is 1.66 bits per heavy atom. The molecule has 1 aromatic heterocycles. The van der Waals surface area contributed by atoms with Crippen molar-refractivity contribution in [2.75, 3.05) is 31.6 Å². The number of urea groups is 1. The van der Waals surface area contributed by atoms with Crippen LogP contribution in [-0.4, -0.2) is 50.6 Å². The molecule has 29 heavy (non-hydrogen) atoms. The third-order valence-corrected chi connectivity index (χ3v) is 7.07. The lowest BCUT2D eigenvalue weighted by Gasteiger charge is -2.26. The summed E-state index contributed by atoms with van der Waals surface area (Å²) >= 11 is 1.32. The number of amides is 2. The van der Waals surface area contributed by atoms with Crippen LogP contribution in [0.3, 0.4) is 0 Å². The minimum Gasteiger partial charge on any atom is -0.378 e. The van der Waals surface area contributed by atoms with Crippen LogP contribution in [0.5, 0.6) is 0 Å². The summed E-state index contributed by atoms with van der Waals surface area (Å²) in [6.07, 6.45) is 0. The van der Waals surface area contributed by atoms with Crippen LogP contribution in [0.15, 0.2) is 69.8 Å². The second kappa shape index (κ2) is 8.32. The van der Waals surface area contributed by atoms with Gasteiger partial charge in [-0.3, -0.25) is 5.32 Å². The van der Waals surface area contributed by atoms with Gasteiger partial charge >= 0.3 is 6.03 Å². The number of aromatic nitrogens is 1. The fourth-order valence-corrected chi connectivity index (χ4v) is 4.93. The average Bonchev–Trinajstić information content (AvgIpc) is 3.23. The van der Waals surface area contributed by atoms with Crippen molar-refractivity contribution in [1.82, 2.24) is 9.88 Å². The molecule has 1 N–H and O–H groups in total. The molecule has 0 radical (unpaired) electrons. The number of hydrogen-bond donors (Lipinski definition) is 1. The summed E-state index contributed by atoms with van der Waals surface area (Å²) in [5.74, 6) is 0. The maximum Gasteiger partial charge on any atom is 0.323 e. The number of sulfone groups is 1. The second-order valence-electron chi connectivity index (χ2n) is 6.41. The monoisotopic (exact) mass is 429 g/mol. The molecule has 0 atom stereocenters. The van der Waals surface area contributed by atoms with Crippen LogP contribution < -0.4 is 5.32 Å². The summed E-state index contributed by atoms with van der Waals surface area (Å²) in [6, 6.07) is 14.7. The van der Waals surface area contributed by atoms with Gasteiger partial charge in [0.25, 0.3) is 0 Å². The largest absolute Gasteiger partial charge is 0.378 e. The van der Waals surface area contributed by atoms with Gasteiger partial charge < -0.3 is 9.64 Å². The molecule has 0 aliphatic carbocycles. The molecule has 150 valence electrons. The molecule has 7 nitrogen and oxygen atoms in total. The van der Waals surface area contributed by atoms with Crippen LogP contribution in [0.2, 0.25) is 0 Å². The van der Waals surface area contributed by atoms with E-state index >= 15 is 0 Å². The number of carbonyl (C=O) groups excluding carboxylic acids is 1. The van der Waals surface area contributed by atoms with E-state index in [4.69, 9.17) is 4.74 Å². The van der Waals surface area contributed by atoms with Crippen molar-refractivity contribution < 1.29 is 17.9 Å². The van der Waals surface area contributed by atoms with Crippen LogP contribution in [0.4, 0.5) is 9.93 Å². The zero-order valence-corrected chi connectivity index (χ0v) is 17.1. The maximum absolute atomic E-state index is 12.7. The number of rotatable bonds is 4. The van der Waals surface area contributed by atoms with E-state index < -0.39 is 9.84 Å². The molecule has 2 amide bonds. The maximum atomic E-state index is 12.7. The molecule has 0 unspecified atom stereocenters. The standard InChI is InChI=1S/C20H19N3O4S2/c24-20(23-10-12-27-13-11-23)22-19-21-18(14-28-19)15-6-8-17(9-7-15)29(25,26)16-4-2-1-3-5-16/h1-9,14H,10-13H2,(H,21,22,24). The summed E-state index contributed by atoms with van der Waals surface area (Å²) in [6.45, 7) is 2.19. The molecule has 9 heteroatoms. The van der Waals surface area contributed by atoms with Gasteiger partial charge in [-0.15, -0.1) is 11.3 Å². The van der Waals surface area contributed by atoms with Gasteiger partial charge in [-0.05, 0) is 24.3 Å². The highest BCUT2D eigenvalue weighted by atomic mass is 32.2. The molecular formula is C20H19N3O4S2. The number of ether oxygens (including phenoxy) is 1. The number of hydrogen-bond acceptors (Lipinski definition) is 6. The Kier molecular flexibility index (Phi) is 5.61. The van der Waals surface area contributed by atoms with Gasteiger partial charge in [0.05, 0.1) is 28.7 Å². The molecule has 1 saturated heterocycles. The molecule has 2 aromatic carbocycles. The minimum atomic E-state index is -3.55. The fraction of sp³-hybridized carbons (Fsp3) is 0.200. The van der Waals surface area contributed by atoms with E-state index in [0.717, 1.165) is 5.56 Å². The van der Waals surface area contributed by atoms with E-state index in [1.807, 2.05) is 5.38 Å². The number of anilines is 1. The van der Waals surface area contributed by atoms with Gasteiger partial charge in [0.15, 0.2) is 5.13 Å². The third kappa shape index (κ3) is 4.31. The van der Waals surface area contributed by atoms with Crippen LogP contribution in [-0.2, 0) is 14.6 Å². The first kappa shape index (κ1) is 19.6. The lowest BCUT2D eigenvalue weighted by atomic mass is 10.2. The zero-order chi connectivity index (χ0) is 20.3. The quantitative estimate of drug-likeness (QED) is 0.686. The molecule has 0 spiro atoms. The van der Waals surface area contributed by atoms with Gasteiger partial charge in [0.1, 0.15) is 0 Å². The fourth-order valence-electron chi connectivity index (χ4n) is 2.94. The summed E-state index contributed by atoms with van der Waals surface area (Å²) < 4.78 is 30.6. The summed E-state index contributed by atoms with van der Waals surface area (Å²) in [4.78, 5) is 18.9.